The number of alkyl halides is 1. The third kappa shape index (κ3) is 2.30. The predicted octanol–water partition coefficient (Wildman–Crippen LogP) is 4.50. The third-order valence-corrected chi connectivity index (χ3v) is 3.79. The Balaban J connectivity index is 2.71. The van der Waals surface area contributed by atoms with E-state index < -0.39 is 0 Å². The highest BCUT2D eigenvalue weighted by molar-refractivity contribution is 9.10. The van der Waals surface area contributed by atoms with Crippen LogP contribution in [0.25, 0.3) is 10.9 Å². The molecule has 1 heterocycles. The second-order valence-corrected chi connectivity index (χ2v) is 5.38. The van der Waals surface area contributed by atoms with Gasteiger partial charge in [0, 0.05) is 21.4 Å². The fraction of sp³-hybridized carbons (Fsp3) is 0.308. The van der Waals surface area contributed by atoms with Crippen molar-refractivity contribution >= 4 is 42.8 Å². The van der Waals surface area contributed by atoms with Crippen molar-refractivity contribution in [2.75, 3.05) is 5.33 Å². The lowest BCUT2D eigenvalue weighted by Gasteiger charge is -2.08. The molecule has 0 radical (unpaired) electrons. The van der Waals surface area contributed by atoms with Gasteiger partial charge in [0.2, 0.25) is 0 Å². The van der Waals surface area contributed by atoms with E-state index >= 15 is 0 Å². The first-order valence-corrected chi connectivity index (χ1v) is 7.29. The highest BCUT2D eigenvalue weighted by atomic mass is 79.9. The van der Waals surface area contributed by atoms with Crippen molar-refractivity contribution < 1.29 is 0 Å². The molecule has 0 saturated heterocycles. The van der Waals surface area contributed by atoms with Gasteiger partial charge in [-0.25, -0.2) is 0 Å². The number of fused-ring (bicyclic) bond motifs is 1. The number of aromatic nitrogens is 1. The molecule has 0 saturated carbocycles. The highest BCUT2D eigenvalue weighted by Crippen LogP contribution is 2.27. The Hall–Kier alpha value is -0.410. The Morgan fingerprint density at radius 3 is 2.81 bits per heavy atom. The minimum Gasteiger partial charge on any atom is -0.256 e. The molecule has 16 heavy (non-hydrogen) atoms. The molecule has 84 valence electrons. The summed E-state index contributed by atoms with van der Waals surface area (Å²) in [4.78, 5) is 4.49. The van der Waals surface area contributed by atoms with Gasteiger partial charge in [0.25, 0.3) is 0 Å². The monoisotopic (exact) mass is 341 g/mol. The summed E-state index contributed by atoms with van der Waals surface area (Å²) in [6.45, 7) is 2.18. The van der Waals surface area contributed by atoms with Gasteiger partial charge in [-0.2, -0.15) is 0 Å². The smallest absolute Gasteiger partial charge is 0.0745 e. The largest absolute Gasteiger partial charge is 0.256 e. The summed E-state index contributed by atoms with van der Waals surface area (Å²) in [5.41, 5.74) is 3.82. The molecule has 0 amide bonds. The van der Waals surface area contributed by atoms with E-state index in [1.54, 1.807) is 0 Å². The third-order valence-electron chi connectivity index (χ3n) is 2.70. The second kappa shape index (κ2) is 5.28. The summed E-state index contributed by atoms with van der Waals surface area (Å²) in [5.74, 6) is 0. The lowest BCUT2D eigenvalue weighted by Crippen LogP contribution is -1.94. The van der Waals surface area contributed by atoms with Gasteiger partial charge in [-0.15, -0.1) is 0 Å². The average molecular weight is 343 g/mol. The lowest BCUT2D eigenvalue weighted by molar-refractivity contribution is 1.10. The molecule has 0 N–H and O–H groups in total. The Kier molecular flexibility index (Phi) is 3.98. The summed E-state index contributed by atoms with van der Waals surface area (Å²) in [7, 11) is 0. The van der Waals surface area contributed by atoms with Crippen LogP contribution >= 0.6 is 31.9 Å². The van der Waals surface area contributed by atoms with Gasteiger partial charge in [0.1, 0.15) is 0 Å². The maximum Gasteiger partial charge on any atom is 0.0745 e. The quantitative estimate of drug-likeness (QED) is 0.748. The van der Waals surface area contributed by atoms with Gasteiger partial charge in [-0.3, -0.25) is 4.98 Å². The van der Waals surface area contributed by atoms with Crippen LogP contribution in [0.4, 0.5) is 0 Å². The minimum absolute atomic E-state index is 0.976. The van der Waals surface area contributed by atoms with Gasteiger partial charge in [-0.05, 0) is 36.1 Å². The Morgan fingerprint density at radius 1 is 1.31 bits per heavy atom. The SMILES string of the molecule is CCc1cc(CCBr)c2nccc(Br)c2c1. The van der Waals surface area contributed by atoms with Gasteiger partial charge in [0.15, 0.2) is 0 Å². The van der Waals surface area contributed by atoms with Crippen molar-refractivity contribution in [1.29, 1.82) is 0 Å². The molecule has 0 aliphatic rings. The van der Waals surface area contributed by atoms with E-state index in [0.29, 0.717) is 0 Å². The van der Waals surface area contributed by atoms with Gasteiger partial charge < -0.3 is 0 Å². The van der Waals surface area contributed by atoms with Crippen LogP contribution in [0, 0.1) is 0 Å². The maximum absolute atomic E-state index is 4.49. The van der Waals surface area contributed by atoms with E-state index in [0.717, 1.165) is 28.2 Å². The Bertz CT molecular complexity index is 509. The normalized spacial score (nSPS) is 10.9. The number of halogens is 2. The average Bonchev–Trinajstić information content (AvgIpc) is 2.30. The maximum atomic E-state index is 4.49. The number of rotatable bonds is 3. The van der Waals surface area contributed by atoms with E-state index in [2.05, 4.69) is 55.9 Å². The molecule has 0 atom stereocenters. The van der Waals surface area contributed by atoms with Crippen molar-refractivity contribution in [1.82, 2.24) is 4.98 Å². The summed E-state index contributed by atoms with van der Waals surface area (Å²) in [6.07, 6.45) is 3.94. The van der Waals surface area contributed by atoms with Crippen LogP contribution in [0.3, 0.4) is 0 Å². The van der Waals surface area contributed by atoms with E-state index in [4.69, 9.17) is 0 Å². The number of hydrogen-bond acceptors (Lipinski definition) is 1. The lowest BCUT2D eigenvalue weighted by atomic mass is 10.0. The van der Waals surface area contributed by atoms with Crippen molar-refractivity contribution in [2.45, 2.75) is 19.8 Å². The molecule has 2 rings (SSSR count). The molecule has 2 aromatic rings. The van der Waals surface area contributed by atoms with Crippen LogP contribution in [-0.4, -0.2) is 10.3 Å². The predicted molar refractivity (Wildman–Crippen MR) is 76.3 cm³/mol. The molecule has 0 unspecified atom stereocenters. The fourth-order valence-electron chi connectivity index (χ4n) is 1.86. The molecule has 3 heteroatoms. The molecule has 0 fully saturated rings. The number of aryl methyl sites for hydroxylation is 2. The number of hydrogen-bond donors (Lipinski definition) is 0. The molecule has 0 aliphatic carbocycles. The molecule has 0 bridgehead atoms. The Morgan fingerprint density at radius 2 is 2.12 bits per heavy atom. The number of pyridine rings is 1. The fourth-order valence-corrected chi connectivity index (χ4v) is 2.71. The van der Waals surface area contributed by atoms with Crippen molar-refractivity contribution in [2.24, 2.45) is 0 Å². The zero-order chi connectivity index (χ0) is 11.5. The second-order valence-electron chi connectivity index (χ2n) is 3.74. The molecule has 1 aromatic carbocycles. The molecule has 0 aliphatic heterocycles. The van der Waals surface area contributed by atoms with Crippen LogP contribution in [0.15, 0.2) is 28.9 Å². The number of benzene rings is 1. The van der Waals surface area contributed by atoms with E-state index in [9.17, 15) is 0 Å². The van der Waals surface area contributed by atoms with E-state index in [1.165, 1.54) is 16.5 Å². The van der Waals surface area contributed by atoms with Crippen LogP contribution in [0.1, 0.15) is 18.1 Å². The molecular weight excluding hydrogens is 330 g/mol. The molecule has 0 spiro atoms. The molecular formula is C13H13Br2N. The topological polar surface area (TPSA) is 12.9 Å². The van der Waals surface area contributed by atoms with Gasteiger partial charge >= 0.3 is 0 Å². The Labute approximate surface area is 113 Å². The molecule has 1 aromatic heterocycles. The molecule has 1 nitrogen and oxygen atoms in total. The minimum atomic E-state index is 0.976. The summed E-state index contributed by atoms with van der Waals surface area (Å²) >= 11 is 7.09. The summed E-state index contributed by atoms with van der Waals surface area (Å²) in [6, 6.07) is 6.49. The van der Waals surface area contributed by atoms with Crippen molar-refractivity contribution in [3.05, 3.63) is 40.0 Å². The van der Waals surface area contributed by atoms with E-state index in [-0.39, 0.29) is 0 Å². The first kappa shape index (κ1) is 12.1. The van der Waals surface area contributed by atoms with E-state index in [1.807, 2.05) is 12.3 Å². The van der Waals surface area contributed by atoms with Gasteiger partial charge in [0.05, 0.1) is 5.52 Å². The zero-order valence-electron chi connectivity index (χ0n) is 9.13. The summed E-state index contributed by atoms with van der Waals surface area (Å²) in [5, 5.41) is 2.20. The van der Waals surface area contributed by atoms with Crippen LogP contribution in [0.2, 0.25) is 0 Å². The van der Waals surface area contributed by atoms with Crippen molar-refractivity contribution in [3.8, 4) is 0 Å². The van der Waals surface area contributed by atoms with Crippen LogP contribution in [0.5, 0.6) is 0 Å². The first-order valence-electron chi connectivity index (χ1n) is 5.38. The summed E-state index contributed by atoms with van der Waals surface area (Å²) < 4.78 is 1.13. The van der Waals surface area contributed by atoms with Gasteiger partial charge in [-0.1, -0.05) is 44.8 Å². The van der Waals surface area contributed by atoms with Crippen LogP contribution < -0.4 is 0 Å². The number of nitrogens with zero attached hydrogens (tertiary/aromatic N) is 1. The van der Waals surface area contributed by atoms with Crippen molar-refractivity contribution in [3.63, 3.8) is 0 Å². The standard InChI is InChI=1S/C13H13Br2N/c1-2-9-7-10(3-5-14)13-11(8-9)12(15)4-6-16-13/h4,6-8H,2-3,5H2,1H3. The zero-order valence-corrected chi connectivity index (χ0v) is 12.3. The highest BCUT2D eigenvalue weighted by Gasteiger charge is 2.06. The first-order chi connectivity index (χ1) is 7.76. The van der Waals surface area contributed by atoms with Crippen LogP contribution in [-0.2, 0) is 12.8 Å².